The highest BCUT2D eigenvalue weighted by molar-refractivity contribution is 5.23. The van der Waals surface area contributed by atoms with E-state index in [-0.39, 0.29) is 5.82 Å². The lowest BCUT2D eigenvalue weighted by Crippen LogP contribution is -2.10. The first-order valence-corrected chi connectivity index (χ1v) is 4.12. The molecule has 1 aromatic carbocycles. The first kappa shape index (κ1) is 6.84. The molecule has 0 heterocycles. The highest BCUT2D eigenvalue weighted by atomic mass is 19.1. The average molecular weight is 150 g/mol. The van der Waals surface area contributed by atoms with Crippen molar-refractivity contribution in [3.05, 3.63) is 35.6 Å². The van der Waals surface area contributed by atoms with Crippen molar-refractivity contribution in [3.63, 3.8) is 0 Å². The molecule has 0 amide bonds. The van der Waals surface area contributed by atoms with Crippen molar-refractivity contribution < 1.29 is 4.39 Å². The van der Waals surface area contributed by atoms with Crippen LogP contribution in [0.25, 0.3) is 0 Å². The minimum absolute atomic E-state index is 0.0304. The van der Waals surface area contributed by atoms with Gasteiger partial charge in [-0.1, -0.05) is 24.6 Å². The van der Waals surface area contributed by atoms with Gasteiger partial charge < -0.3 is 0 Å². The topological polar surface area (TPSA) is 0 Å². The maximum absolute atomic E-state index is 13.1. The fourth-order valence-electron chi connectivity index (χ4n) is 1.53. The Bertz CT molecular complexity index is 251. The van der Waals surface area contributed by atoms with Crippen LogP contribution in [0.2, 0.25) is 0 Å². The van der Waals surface area contributed by atoms with Crippen LogP contribution in [0.3, 0.4) is 0 Å². The monoisotopic (exact) mass is 150 g/mol. The van der Waals surface area contributed by atoms with Gasteiger partial charge in [-0.05, 0) is 30.4 Å². The molecular weight excluding hydrogens is 139 g/mol. The molecule has 58 valence electrons. The molecule has 1 heteroatoms. The normalized spacial score (nSPS) is 17.9. The van der Waals surface area contributed by atoms with Gasteiger partial charge in [0.05, 0.1) is 0 Å². The average Bonchev–Trinajstić information content (AvgIpc) is 1.90. The zero-order valence-electron chi connectivity index (χ0n) is 6.39. The summed E-state index contributed by atoms with van der Waals surface area (Å²) in [6.45, 7) is 0. The summed E-state index contributed by atoms with van der Waals surface area (Å²) in [5.41, 5.74) is 0.916. The number of halogens is 1. The van der Waals surface area contributed by atoms with Crippen LogP contribution in [0.5, 0.6) is 0 Å². The predicted molar refractivity (Wildman–Crippen MR) is 43.0 cm³/mol. The van der Waals surface area contributed by atoms with Gasteiger partial charge in [0.2, 0.25) is 0 Å². The molecular formula is C10H11F. The van der Waals surface area contributed by atoms with Crippen LogP contribution in [0.4, 0.5) is 4.39 Å². The van der Waals surface area contributed by atoms with Crippen LogP contribution in [0.15, 0.2) is 24.3 Å². The summed E-state index contributed by atoms with van der Waals surface area (Å²) in [6, 6.07) is 7.11. The fraction of sp³-hybridized carbons (Fsp3) is 0.400. The van der Waals surface area contributed by atoms with Crippen LogP contribution in [-0.4, -0.2) is 0 Å². The first-order chi connectivity index (χ1) is 5.38. The van der Waals surface area contributed by atoms with E-state index in [0.29, 0.717) is 5.92 Å². The number of rotatable bonds is 1. The quantitative estimate of drug-likeness (QED) is 0.577. The second kappa shape index (κ2) is 2.65. The molecule has 1 saturated carbocycles. The van der Waals surface area contributed by atoms with Gasteiger partial charge in [0.15, 0.2) is 0 Å². The third-order valence-corrected chi connectivity index (χ3v) is 2.45. The minimum Gasteiger partial charge on any atom is -0.207 e. The van der Waals surface area contributed by atoms with Gasteiger partial charge >= 0.3 is 0 Å². The molecule has 1 aromatic rings. The van der Waals surface area contributed by atoms with E-state index in [1.54, 1.807) is 12.1 Å². The van der Waals surface area contributed by atoms with Crippen molar-refractivity contribution in [2.75, 3.05) is 0 Å². The van der Waals surface area contributed by atoms with Crippen molar-refractivity contribution in [3.8, 4) is 0 Å². The lowest BCUT2D eigenvalue weighted by Gasteiger charge is -2.25. The van der Waals surface area contributed by atoms with Gasteiger partial charge in [-0.15, -0.1) is 0 Å². The molecule has 0 saturated heterocycles. The summed E-state index contributed by atoms with van der Waals surface area (Å²) in [7, 11) is 0. The van der Waals surface area contributed by atoms with Crippen LogP contribution in [0.1, 0.15) is 30.7 Å². The highest BCUT2D eigenvalue weighted by Gasteiger charge is 2.21. The Morgan fingerprint density at radius 1 is 1.18 bits per heavy atom. The van der Waals surface area contributed by atoms with Gasteiger partial charge in [-0.3, -0.25) is 0 Å². The van der Waals surface area contributed by atoms with Gasteiger partial charge in [0.25, 0.3) is 0 Å². The molecule has 0 atom stereocenters. The Balaban J connectivity index is 2.28. The Hall–Kier alpha value is -0.850. The van der Waals surface area contributed by atoms with E-state index in [0.717, 1.165) is 5.56 Å². The van der Waals surface area contributed by atoms with E-state index in [1.165, 1.54) is 19.3 Å². The molecule has 1 aliphatic rings. The number of hydrogen-bond donors (Lipinski definition) is 0. The zero-order chi connectivity index (χ0) is 7.68. The van der Waals surface area contributed by atoms with Gasteiger partial charge in [0.1, 0.15) is 5.82 Å². The van der Waals surface area contributed by atoms with Gasteiger partial charge in [0, 0.05) is 0 Å². The summed E-state index contributed by atoms with van der Waals surface area (Å²) < 4.78 is 13.1. The van der Waals surface area contributed by atoms with Crippen molar-refractivity contribution in [1.29, 1.82) is 0 Å². The second-order valence-electron chi connectivity index (χ2n) is 3.15. The minimum atomic E-state index is -0.0304. The molecule has 0 unspecified atom stereocenters. The summed E-state index contributed by atoms with van der Waals surface area (Å²) >= 11 is 0. The molecule has 0 radical (unpaired) electrons. The molecule has 11 heavy (non-hydrogen) atoms. The maximum atomic E-state index is 13.1. The summed E-state index contributed by atoms with van der Waals surface area (Å²) in [6.07, 6.45) is 3.60. The van der Waals surface area contributed by atoms with Crippen molar-refractivity contribution in [1.82, 2.24) is 0 Å². The maximum Gasteiger partial charge on any atom is 0.126 e. The fourth-order valence-corrected chi connectivity index (χ4v) is 1.53. The van der Waals surface area contributed by atoms with E-state index in [1.807, 2.05) is 12.1 Å². The molecule has 0 nitrogen and oxygen atoms in total. The first-order valence-electron chi connectivity index (χ1n) is 4.12. The number of benzene rings is 1. The largest absolute Gasteiger partial charge is 0.207 e. The summed E-state index contributed by atoms with van der Waals surface area (Å²) in [4.78, 5) is 0. The van der Waals surface area contributed by atoms with E-state index in [4.69, 9.17) is 0 Å². The van der Waals surface area contributed by atoms with E-state index in [2.05, 4.69) is 0 Å². The van der Waals surface area contributed by atoms with Crippen LogP contribution in [-0.2, 0) is 0 Å². The van der Waals surface area contributed by atoms with Crippen molar-refractivity contribution in [2.45, 2.75) is 25.2 Å². The van der Waals surface area contributed by atoms with Crippen LogP contribution in [0, 0.1) is 5.82 Å². The Morgan fingerprint density at radius 2 is 1.91 bits per heavy atom. The summed E-state index contributed by atoms with van der Waals surface area (Å²) in [5, 5.41) is 0. The number of hydrogen-bond acceptors (Lipinski definition) is 0. The van der Waals surface area contributed by atoms with E-state index < -0.39 is 0 Å². The van der Waals surface area contributed by atoms with Gasteiger partial charge in [-0.25, -0.2) is 4.39 Å². The molecule has 1 fully saturated rings. The van der Waals surface area contributed by atoms with Crippen LogP contribution < -0.4 is 0 Å². The molecule has 0 N–H and O–H groups in total. The molecule has 0 aliphatic heterocycles. The summed E-state index contributed by atoms with van der Waals surface area (Å²) in [5.74, 6) is 0.480. The second-order valence-corrected chi connectivity index (χ2v) is 3.15. The third kappa shape index (κ3) is 1.15. The standard InChI is InChI=1S/C10H11F/c11-10-7-2-1-6-9(10)8-4-3-5-8/h1-2,6-8H,3-5H2. The van der Waals surface area contributed by atoms with E-state index >= 15 is 0 Å². The third-order valence-electron chi connectivity index (χ3n) is 2.45. The molecule has 0 spiro atoms. The Kier molecular flexibility index (Phi) is 1.65. The zero-order valence-corrected chi connectivity index (χ0v) is 6.39. The van der Waals surface area contributed by atoms with Crippen LogP contribution >= 0.6 is 0 Å². The Morgan fingerprint density at radius 3 is 2.45 bits per heavy atom. The predicted octanol–water partition coefficient (Wildman–Crippen LogP) is 3.09. The lowest BCUT2D eigenvalue weighted by molar-refractivity contribution is 0.404. The van der Waals surface area contributed by atoms with Crippen molar-refractivity contribution >= 4 is 0 Å². The van der Waals surface area contributed by atoms with Crippen molar-refractivity contribution in [2.24, 2.45) is 0 Å². The SMILES string of the molecule is Fc1ccccc1C1CCC1. The lowest BCUT2D eigenvalue weighted by atomic mass is 9.80. The smallest absolute Gasteiger partial charge is 0.126 e. The Labute approximate surface area is 66.1 Å². The molecule has 0 aromatic heterocycles. The highest BCUT2D eigenvalue weighted by Crippen LogP contribution is 2.37. The van der Waals surface area contributed by atoms with Gasteiger partial charge in [-0.2, -0.15) is 0 Å². The molecule has 2 rings (SSSR count). The molecule has 1 aliphatic carbocycles. The molecule has 0 bridgehead atoms. The van der Waals surface area contributed by atoms with E-state index in [9.17, 15) is 4.39 Å².